The van der Waals surface area contributed by atoms with Gasteiger partial charge < -0.3 is 18.8 Å². The van der Waals surface area contributed by atoms with Gasteiger partial charge in [0.2, 0.25) is 16.8 Å². The molecule has 0 amide bonds. The van der Waals surface area contributed by atoms with Crippen LogP contribution in [-0.2, 0) is 18.8 Å². The van der Waals surface area contributed by atoms with Gasteiger partial charge in [-0.1, -0.05) is 29.8 Å². The number of alkyl halides is 3. The molecular weight excluding hydrogens is 524 g/mol. The van der Waals surface area contributed by atoms with Crippen molar-refractivity contribution in [1.82, 2.24) is 19.7 Å². The molecule has 0 aliphatic heterocycles. The summed E-state index contributed by atoms with van der Waals surface area (Å²) in [6.45, 7) is 3.28. The number of oxazole rings is 1. The second-order valence-corrected chi connectivity index (χ2v) is 8.93. The number of carboxylic acids is 1. The number of rotatable bonds is 6. The van der Waals surface area contributed by atoms with Gasteiger partial charge in [-0.15, -0.1) is 10.2 Å². The van der Waals surface area contributed by atoms with Gasteiger partial charge in [0, 0.05) is 17.6 Å². The SMILES string of the molecule is Cn1c(-c2ccccc2C(F)(F)F)nnc1C(C)(C)Oc1ccc(Cl)cc1-c1nc(C(=O)O)c(Cl)o1. The Labute approximate surface area is 212 Å². The average Bonchev–Trinajstić information content (AvgIpc) is 3.37. The molecule has 13 heteroatoms. The van der Waals surface area contributed by atoms with Crippen LogP contribution in [0.3, 0.4) is 0 Å². The maximum Gasteiger partial charge on any atom is 0.417 e. The van der Waals surface area contributed by atoms with Crippen molar-refractivity contribution >= 4 is 29.2 Å². The summed E-state index contributed by atoms with van der Waals surface area (Å²) in [5.41, 5.74) is -2.50. The first-order chi connectivity index (χ1) is 16.8. The summed E-state index contributed by atoms with van der Waals surface area (Å²) >= 11 is 12.0. The minimum Gasteiger partial charge on any atom is -0.479 e. The molecule has 8 nitrogen and oxygen atoms in total. The predicted molar refractivity (Wildman–Crippen MR) is 124 cm³/mol. The number of halogens is 5. The van der Waals surface area contributed by atoms with Crippen molar-refractivity contribution in [3.8, 4) is 28.6 Å². The van der Waals surface area contributed by atoms with Crippen LogP contribution in [0.5, 0.6) is 5.75 Å². The summed E-state index contributed by atoms with van der Waals surface area (Å²) in [7, 11) is 1.53. The van der Waals surface area contributed by atoms with Gasteiger partial charge in [0.15, 0.2) is 17.2 Å². The lowest BCUT2D eigenvalue weighted by Crippen LogP contribution is -2.29. The van der Waals surface area contributed by atoms with Crippen molar-refractivity contribution in [3.63, 3.8) is 0 Å². The van der Waals surface area contributed by atoms with Crippen LogP contribution in [0.4, 0.5) is 13.2 Å². The molecule has 2 aromatic carbocycles. The maximum absolute atomic E-state index is 13.6. The Morgan fingerprint density at radius 1 is 1.08 bits per heavy atom. The molecule has 4 rings (SSSR count). The Morgan fingerprint density at radius 2 is 1.78 bits per heavy atom. The highest BCUT2D eigenvalue weighted by atomic mass is 35.5. The van der Waals surface area contributed by atoms with Crippen LogP contribution in [0.25, 0.3) is 22.8 Å². The van der Waals surface area contributed by atoms with Gasteiger partial charge in [-0.3, -0.25) is 0 Å². The van der Waals surface area contributed by atoms with Crippen LogP contribution in [0.2, 0.25) is 10.2 Å². The minimum absolute atomic E-state index is 0.00323. The van der Waals surface area contributed by atoms with Crippen LogP contribution in [0.15, 0.2) is 46.9 Å². The van der Waals surface area contributed by atoms with Gasteiger partial charge in [0.25, 0.3) is 0 Å². The van der Waals surface area contributed by atoms with E-state index in [4.69, 9.17) is 32.4 Å². The van der Waals surface area contributed by atoms with Crippen LogP contribution in [0.1, 0.15) is 35.7 Å². The summed E-state index contributed by atoms with van der Waals surface area (Å²) in [5, 5.41) is 17.2. The lowest BCUT2D eigenvalue weighted by molar-refractivity contribution is -0.137. The van der Waals surface area contributed by atoms with Gasteiger partial charge in [-0.2, -0.15) is 13.2 Å². The molecule has 0 aliphatic carbocycles. The number of nitrogens with zero attached hydrogens (tertiary/aromatic N) is 4. The molecule has 0 atom stereocenters. The van der Waals surface area contributed by atoms with Gasteiger partial charge in [-0.25, -0.2) is 9.78 Å². The number of hydrogen-bond donors (Lipinski definition) is 1. The third-order valence-electron chi connectivity index (χ3n) is 5.21. The monoisotopic (exact) mass is 540 g/mol. The first kappa shape index (κ1) is 25.5. The number of aromatic carboxylic acids is 1. The molecule has 1 N–H and O–H groups in total. The van der Waals surface area contributed by atoms with Crippen molar-refractivity contribution in [2.75, 3.05) is 0 Å². The van der Waals surface area contributed by atoms with Gasteiger partial charge in [0.1, 0.15) is 5.75 Å². The van der Waals surface area contributed by atoms with Crippen LogP contribution >= 0.6 is 23.2 Å². The van der Waals surface area contributed by atoms with E-state index in [9.17, 15) is 23.1 Å². The van der Waals surface area contributed by atoms with E-state index in [0.29, 0.717) is 0 Å². The summed E-state index contributed by atoms with van der Waals surface area (Å²) in [6.07, 6.45) is -4.58. The zero-order valence-corrected chi connectivity index (χ0v) is 20.4. The van der Waals surface area contributed by atoms with E-state index in [1.807, 2.05) is 0 Å². The molecule has 0 saturated heterocycles. The fraction of sp³-hybridized carbons (Fsp3) is 0.217. The summed E-state index contributed by atoms with van der Waals surface area (Å²) < 4.78 is 53.6. The molecular formula is C23H17Cl2F3N4O4. The van der Waals surface area contributed by atoms with E-state index in [1.54, 1.807) is 13.8 Å². The topological polar surface area (TPSA) is 103 Å². The van der Waals surface area contributed by atoms with E-state index in [-0.39, 0.29) is 39.4 Å². The summed E-state index contributed by atoms with van der Waals surface area (Å²) in [5.74, 6) is -1.14. The molecule has 0 bridgehead atoms. The van der Waals surface area contributed by atoms with Crippen molar-refractivity contribution < 1.29 is 32.2 Å². The van der Waals surface area contributed by atoms with Gasteiger partial charge in [0.05, 0.1) is 11.1 Å². The smallest absolute Gasteiger partial charge is 0.417 e. The zero-order chi connectivity index (χ0) is 26.4. The van der Waals surface area contributed by atoms with Gasteiger partial charge >= 0.3 is 12.1 Å². The lowest BCUT2D eigenvalue weighted by Gasteiger charge is -2.26. The summed E-state index contributed by atoms with van der Waals surface area (Å²) in [6, 6.07) is 9.54. The van der Waals surface area contributed by atoms with E-state index < -0.39 is 34.2 Å². The molecule has 188 valence electrons. The molecule has 2 aromatic heterocycles. The first-order valence-electron chi connectivity index (χ1n) is 10.2. The molecule has 0 spiro atoms. The molecule has 2 heterocycles. The van der Waals surface area contributed by atoms with Crippen LogP contribution < -0.4 is 4.74 Å². The highest BCUT2D eigenvalue weighted by Gasteiger charge is 2.36. The third-order valence-corrected chi connectivity index (χ3v) is 5.70. The highest BCUT2D eigenvalue weighted by molar-refractivity contribution is 6.32. The normalized spacial score (nSPS) is 12.1. The lowest BCUT2D eigenvalue weighted by atomic mass is 10.1. The Bertz CT molecular complexity index is 1460. The fourth-order valence-corrected chi connectivity index (χ4v) is 4.01. The van der Waals surface area contributed by atoms with Crippen molar-refractivity contribution in [1.29, 1.82) is 0 Å². The quantitative estimate of drug-likeness (QED) is 0.298. The highest BCUT2D eigenvalue weighted by Crippen LogP contribution is 2.40. The Kier molecular flexibility index (Phi) is 6.48. The first-order valence-corrected chi connectivity index (χ1v) is 11.0. The Balaban J connectivity index is 1.75. The third kappa shape index (κ3) is 4.76. The summed E-state index contributed by atoms with van der Waals surface area (Å²) in [4.78, 5) is 15.2. The molecule has 0 radical (unpaired) electrons. The number of ether oxygens (including phenoxy) is 1. The molecule has 0 unspecified atom stereocenters. The van der Waals surface area contributed by atoms with E-state index >= 15 is 0 Å². The van der Waals surface area contributed by atoms with Crippen molar-refractivity contribution in [3.05, 3.63) is 69.8 Å². The second kappa shape index (κ2) is 9.14. The van der Waals surface area contributed by atoms with E-state index in [2.05, 4.69) is 15.2 Å². The second-order valence-electron chi connectivity index (χ2n) is 8.15. The van der Waals surface area contributed by atoms with E-state index in [0.717, 1.165) is 6.07 Å². The number of hydrogen-bond acceptors (Lipinski definition) is 6. The standard InChI is InChI=1S/C23H17Cl2F3N4O4/c1-22(2,21-31-30-18(32(21)3)12-6-4-5-7-14(12)23(26,27)28)36-15-9-8-11(24)10-13(15)19-29-16(20(33)34)17(25)35-19/h4-10H,1-3H3,(H,33,34). The van der Waals surface area contributed by atoms with Crippen molar-refractivity contribution in [2.45, 2.75) is 25.6 Å². The van der Waals surface area contributed by atoms with Gasteiger partial charge in [-0.05, 0) is 49.7 Å². The Morgan fingerprint density at radius 3 is 2.42 bits per heavy atom. The van der Waals surface area contributed by atoms with E-state index in [1.165, 1.54) is 48.0 Å². The number of aromatic nitrogens is 4. The number of carboxylic acid groups (broad SMARTS) is 1. The number of carbonyl (C=O) groups is 1. The van der Waals surface area contributed by atoms with Crippen LogP contribution in [-0.4, -0.2) is 30.8 Å². The molecule has 36 heavy (non-hydrogen) atoms. The Hall–Kier alpha value is -3.57. The number of benzene rings is 2. The maximum atomic E-state index is 13.6. The zero-order valence-electron chi connectivity index (χ0n) is 18.9. The molecule has 0 aliphatic rings. The van der Waals surface area contributed by atoms with Crippen molar-refractivity contribution in [2.24, 2.45) is 7.05 Å². The largest absolute Gasteiger partial charge is 0.479 e. The average molecular weight is 541 g/mol. The molecule has 4 aromatic rings. The molecule has 0 saturated carbocycles. The predicted octanol–water partition coefficient (Wildman–Crippen LogP) is 6.48. The van der Waals surface area contributed by atoms with Crippen LogP contribution in [0, 0.1) is 0 Å². The fourth-order valence-electron chi connectivity index (χ4n) is 3.64. The molecule has 0 fully saturated rings. The minimum atomic E-state index is -4.58.